The lowest BCUT2D eigenvalue weighted by Gasteiger charge is -2.59. The van der Waals surface area contributed by atoms with Gasteiger partial charge in [0, 0.05) is 11.6 Å². The maximum absolute atomic E-state index is 12.9. The van der Waals surface area contributed by atoms with Gasteiger partial charge in [-0.3, -0.25) is 4.79 Å². The standard InChI is InChI=1S/C17H22BClN2O/c1-12(2)11-21-15(13-3-5-14(19)6-4-13)17(16(21)22)7-9-20(18)10-8-17/h3-6,12,15H,7-11H2,1-2H3. The van der Waals surface area contributed by atoms with E-state index < -0.39 is 0 Å². The van der Waals surface area contributed by atoms with Crippen molar-refractivity contribution in [2.75, 3.05) is 19.6 Å². The molecular formula is C17H22BClN2O. The summed E-state index contributed by atoms with van der Waals surface area (Å²) in [5.74, 6) is 0.764. The molecule has 2 saturated heterocycles. The molecule has 2 aliphatic rings. The molecule has 2 fully saturated rings. The van der Waals surface area contributed by atoms with Gasteiger partial charge in [-0.05, 0) is 49.5 Å². The van der Waals surface area contributed by atoms with E-state index in [9.17, 15) is 4.79 Å². The topological polar surface area (TPSA) is 23.6 Å². The van der Waals surface area contributed by atoms with Crippen LogP contribution in [0.3, 0.4) is 0 Å². The first-order valence-corrected chi connectivity index (χ1v) is 8.38. The first-order chi connectivity index (χ1) is 10.4. The van der Waals surface area contributed by atoms with Gasteiger partial charge in [0.2, 0.25) is 5.91 Å². The predicted octanol–water partition coefficient (Wildman–Crippen LogP) is 3.05. The molecule has 1 spiro atoms. The highest BCUT2D eigenvalue weighted by Gasteiger charge is 2.60. The molecule has 1 aromatic rings. The Morgan fingerprint density at radius 3 is 2.41 bits per heavy atom. The highest BCUT2D eigenvalue weighted by molar-refractivity contribution is 6.30. The quantitative estimate of drug-likeness (QED) is 0.632. The second kappa shape index (κ2) is 5.90. The number of carbonyl (C=O) groups excluding carboxylic acids is 1. The van der Waals surface area contributed by atoms with Gasteiger partial charge >= 0.3 is 0 Å². The first kappa shape index (κ1) is 15.9. The minimum atomic E-state index is -0.265. The molecule has 2 radical (unpaired) electrons. The van der Waals surface area contributed by atoms with Crippen molar-refractivity contribution in [2.45, 2.75) is 32.7 Å². The molecule has 1 unspecified atom stereocenters. The van der Waals surface area contributed by atoms with Crippen LogP contribution in [0.25, 0.3) is 0 Å². The van der Waals surface area contributed by atoms with E-state index in [1.54, 1.807) is 0 Å². The van der Waals surface area contributed by atoms with Gasteiger partial charge < -0.3 is 9.71 Å². The Morgan fingerprint density at radius 2 is 1.86 bits per heavy atom. The normalized spacial score (nSPS) is 24.8. The third kappa shape index (κ3) is 2.57. The number of rotatable bonds is 3. The number of hydrogen-bond donors (Lipinski definition) is 0. The Labute approximate surface area is 139 Å². The highest BCUT2D eigenvalue weighted by atomic mass is 35.5. The van der Waals surface area contributed by atoms with Crippen LogP contribution in [-0.2, 0) is 4.79 Å². The summed E-state index contributed by atoms with van der Waals surface area (Å²) in [6.07, 6.45) is 1.68. The largest absolute Gasteiger partial charge is 0.353 e. The van der Waals surface area contributed by atoms with Crippen LogP contribution in [0.4, 0.5) is 0 Å². The molecule has 3 rings (SSSR count). The smallest absolute Gasteiger partial charge is 0.231 e. The second-order valence-corrected chi connectivity index (χ2v) is 7.43. The molecule has 0 aliphatic carbocycles. The minimum Gasteiger partial charge on any atom is -0.353 e. The van der Waals surface area contributed by atoms with E-state index in [-0.39, 0.29) is 11.5 Å². The fourth-order valence-electron chi connectivity index (χ4n) is 3.89. The van der Waals surface area contributed by atoms with E-state index in [0.717, 1.165) is 37.5 Å². The van der Waals surface area contributed by atoms with Crippen molar-refractivity contribution in [3.63, 3.8) is 0 Å². The van der Waals surface area contributed by atoms with E-state index in [4.69, 9.17) is 19.6 Å². The van der Waals surface area contributed by atoms with E-state index in [1.807, 2.05) is 21.8 Å². The number of hydrogen-bond acceptors (Lipinski definition) is 2. The summed E-state index contributed by atoms with van der Waals surface area (Å²) in [6, 6.07) is 8.11. The number of amides is 1. The summed E-state index contributed by atoms with van der Waals surface area (Å²) in [4.78, 5) is 16.7. The maximum Gasteiger partial charge on any atom is 0.231 e. The molecule has 3 nitrogen and oxygen atoms in total. The molecule has 5 heteroatoms. The monoisotopic (exact) mass is 316 g/mol. The van der Waals surface area contributed by atoms with Gasteiger partial charge in [-0.1, -0.05) is 37.6 Å². The van der Waals surface area contributed by atoms with Crippen LogP contribution in [0.1, 0.15) is 38.3 Å². The molecule has 0 bridgehead atoms. The Morgan fingerprint density at radius 1 is 1.27 bits per heavy atom. The van der Waals surface area contributed by atoms with Gasteiger partial charge in [-0.15, -0.1) is 0 Å². The van der Waals surface area contributed by atoms with Crippen molar-refractivity contribution < 1.29 is 4.79 Å². The lowest BCUT2D eigenvalue weighted by molar-refractivity contribution is -0.180. The molecule has 116 valence electrons. The molecular weight excluding hydrogens is 294 g/mol. The molecule has 0 aromatic heterocycles. The molecule has 1 atom stereocenters. The van der Waals surface area contributed by atoms with E-state index >= 15 is 0 Å². The molecule has 2 heterocycles. The van der Waals surface area contributed by atoms with Gasteiger partial charge in [0.25, 0.3) is 0 Å². The zero-order valence-corrected chi connectivity index (χ0v) is 14.0. The van der Waals surface area contributed by atoms with Gasteiger partial charge in [0.1, 0.15) is 0 Å². The summed E-state index contributed by atoms with van der Waals surface area (Å²) in [5.41, 5.74) is 0.925. The number of likely N-dealkylation sites (tertiary alicyclic amines) is 1. The van der Waals surface area contributed by atoms with Crippen LogP contribution in [0.5, 0.6) is 0 Å². The summed E-state index contributed by atoms with van der Waals surface area (Å²) < 4.78 is 0. The van der Waals surface area contributed by atoms with Crippen LogP contribution >= 0.6 is 11.6 Å². The molecule has 1 aromatic carbocycles. The van der Waals surface area contributed by atoms with Gasteiger partial charge in [0.15, 0.2) is 7.98 Å². The number of carbonyl (C=O) groups is 1. The fraction of sp³-hybridized carbons (Fsp3) is 0.588. The van der Waals surface area contributed by atoms with E-state index in [0.29, 0.717) is 11.8 Å². The Hall–Kier alpha value is -0.995. The van der Waals surface area contributed by atoms with Crippen molar-refractivity contribution in [3.05, 3.63) is 34.9 Å². The Bertz CT molecular complexity index is 552. The molecule has 0 saturated carbocycles. The molecule has 0 N–H and O–H groups in total. The minimum absolute atomic E-state index is 0.161. The number of benzene rings is 1. The fourth-order valence-corrected chi connectivity index (χ4v) is 4.01. The number of halogens is 1. The Kier molecular flexibility index (Phi) is 4.26. The molecule has 1 amide bonds. The Balaban J connectivity index is 1.92. The summed E-state index contributed by atoms with van der Waals surface area (Å²) in [5, 5.41) is 0.732. The SMILES string of the molecule is [B]N1CCC2(CC1)C(=O)N(CC(C)C)C2c1ccc(Cl)cc1. The summed E-state index contributed by atoms with van der Waals surface area (Å²) >= 11 is 6.02. The van der Waals surface area contributed by atoms with Crippen molar-refractivity contribution in [3.8, 4) is 0 Å². The van der Waals surface area contributed by atoms with Crippen LogP contribution in [-0.4, -0.2) is 43.2 Å². The van der Waals surface area contributed by atoms with E-state index in [2.05, 4.69) is 26.0 Å². The van der Waals surface area contributed by atoms with Crippen molar-refractivity contribution in [2.24, 2.45) is 11.3 Å². The number of piperidine rings is 1. The van der Waals surface area contributed by atoms with Crippen molar-refractivity contribution in [1.29, 1.82) is 0 Å². The second-order valence-electron chi connectivity index (χ2n) is 7.00. The number of nitrogens with zero attached hydrogens (tertiary/aromatic N) is 2. The average Bonchev–Trinajstić information content (AvgIpc) is 2.49. The van der Waals surface area contributed by atoms with Crippen molar-refractivity contribution in [1.82, 2.24) is 9.71 Å². The lowest BCUT2D eigenvalue weighted by atomic mass is 9.62. The summed E-state index contributed by atoms with van der Waals surface area (Å²) in [7, 11) is 5.89. The average molecular weight is 317 g/mol. The van der Waals surface area contributed by atoms with Crippen LogP contribution in [0.2, 0.25) is 5.02 Å². The predicted molar refractivity (Wildman–Crippen MR) is 89.7 cm³/mol. The van der Waals surface area contributed by atoms with Gasteiger partial charge in [0.05, 0.1) is 11.5 Å². The molecule has 22 heavy (non-hydrogen) atoms. The molecule has 2 aliphatic heterocycles. The van der Waals surface area contributed by atoms with Gasteiger partial charge in [-0.25, -0.2) is 0 Å². The van der Waals surface area contributed by atoms with Crippen molar-refractivity contribution >= 4 is 25.5 Å². The highest BCUT2D eigenvalue weighted by Crippen LogP contribution is 2.56. The third-order valence-corrected chi connectivity index (χ3v) is 5.21. The lowest BCUT2D eigenvalue weighted by Crippen LogP contribution is -2.66. The zero-order chi connectivity index (χ0) is 15.9. The number of β-lactam (4-membered cyclic amide) rings is 1. The summed E-state index contributed by atoms with van der Waals surface area (Å²) in [6.45, 7) is 6.68. The first-order valence-electron chi connectivity index (χ1n) is 8.00. The van der Waals surface area contributed by atoms with E-state index in [1.165, 1.54) is 5.56 Å². The zero-order valence-electron chi connectivity index (χ0n) is 13.3. The third-order valence-electron chi connectivity index (χ3n) is 4.96. The van der Waals surface area contributed by atoms with Crippen LogP contribution in [0.15, 0.2) is 24.3 Å². The van der Waals surface area contributed by atoms with Crippen LogP contribution in [0, 0.1) is 11.3 Å². The van der Waals surface area contributed by atoms with Crippen LogP contribution < -0.4 is 0 Å². The van der Waals surface area contributed by atoms with Gasteiger partial charge in [-0.2, -0.15) is 0 Å². The maximum atomic E-state index is 12.9.